The van der Waals surface area contributed by atoms with E-state index in [1.165, 1.54) is 0 Å². The molecule has 0 aliphatic carbocycles. The molecule has 0 saturated carbocycles. The van der Waals surface area contributed by atoms with Crippen LogP contribution in [0.25, 0.3) is 0 Å². The van der Waals surface area contributed by atoms with Crippen LogP contribution >= 0.6 is 0 Å². The average Bonchev–Trinajstić information content (AvgIpc) is 3.12. The standard InChI is InChI=1S/C24H32N2O4S/c1-4-5-15-30-23-12-8-20(9-13-23)24(27)26(22-14-16-31(28,29)18-22)17-19-6-10-21(11-7-19)25(2)3/h6-13,22H,4-5,14-18H2,1-3H3/t22-/m0/s1. The number of benzene rings is 2. The SMILES string of the molecule is CCCCOc1ccc(C(=O)N(Cc2ccc(N(C)C)cc2)[C@H]2CCS(=O)(=O)C2)cc1. The van der Waals surface area contributed by atoms with Gasteiger partial charge in [0.1, 0.15) is 5.75 Å². The van der Waals surface area contributed by atoms with Crippen LogP contribution in [0.1, 0.15) is 42.1 Å². The molecule has 1 aliphatic heterocycles. The molecule has 1 atom stereocenters. The van der Waals surface area contributed by atoms with Gasteiger partial charge in [-0.3, -0.25) is 4.79 Å². The maximum absolute atomic E-state index is 13.4. The van der Waals surface area contributed by atoms with Gasteiger partial charge >= 0.3 is 0 Å². The molecular formula is C24H32N2O4S. The van der Waals surface area contributed by atoms with Gasteiger partial charge in [0, 0.05) is 37.9 Å². The van der Waals surface area contributed by atoms with Crippen molar-refractivity contribution >= 4 is 21.4 Å². The molecule has 0 radical (unpaired) electrons. The largest absolute Gasteiger partial charge is 0.494 e. The minimum absolute atomic E-state index is 0.0206. The monoisotopic (exact) mass is 444 g/mol. The number of unbranched alkanes of at least 4 members (excludes halogenated alkanes) is 1. The molecule has 0 aromatic heterocycles. The van der Waals surface area contributed by atoms with Crippen molar-refractivity contribution in [2.24, 2.45) is 0 Å². The predicted molar refractivity (Wildman–Crippen MR) is 125 cm³/mol. The third-order valence-electron chi connectivity index (χ3n) is 5.58. The van der Waals surface area contributed by atoms with Crippen molar-refractivity contribution in [3.05, 3.63) is 59.7 Å². The average molecular weight is 445 g/mol. The Bertz CT molecular complexity index is 970. The lowest BCUT2D eigenvalue weighted by Crippen LogP contribution is -2.40. The van der Waals surface area contributed by atoms with E-state index in [4.69, 9.17) is 4.74 Å². The Morgan fingerprint density at radius 3 is 2.29 bits per heavy atom. The lowest BCUT2D eigenvalue weighted by molar-refractivity contribution is 0.0681. The van der Waals surface area contributed by atoms with Crippen LogP contribution in [0, 0.1) is 0 Å². The number of hydrogen-bond acceptors (Lipinski definition) is 5. The second kappa shape index (κ2) is 10.2. The molecule has 2 aromatic carbocycles. The summed E-state index contributed by atoms with van der Waals surface area (Å²) < 4.78 is 29.9. The summed E-state index contributed by atoms with van der Waals surface area (Å²) in [5.41, 5.74) is 2.59. The van der Waals surface area contributed by atoms with Crippen LogP contribution in [-0.2, 0) is 16.4 Å². The molecule has 1 fully saturated rings. The maximum Gasteiger partial charge on any atom is 0.254 e. The third-order valence-corrected chi connectivity index (χ3v) is 7.33. The highest BCUT2D eigenvalue weighted by Gasteiger charge is 2.35. The number of nitrogens with zero attached hydrogens (tertiary/aromatic N) is 2. The summed E-state index contributed by atoms with van der Waals surface area (Å²) in [6, 6.07) is 14.8. The molecule has 31 heavy (non-hydrogen) atoms. The van der Waals surface area contributed by atoms with Gasteiger partial charge in [0.15, 0.2) is 9.84 Å². The van der Waals surface area contributed by atoms with Gasteiger partial charge in [-0.05, 0) is 54.8 Å². The van der Waals surface area contributed by atoms with Crippen molar-refractivity contribution in [3.8, 4) is 5.75 Å². The Hall–Kier alpha value is -2.54. The van der Waals surface area contributed by atoms with E-state index in [0.717, 1.165) is 29.8 Å². The summed E-state index contributed by atoms with van der Waals surface area (Å²) >= 11 is 0. The van der Waals surface area contributed by atoms with Crippen LogP contribution in [0.2, 0.25) is 0 Å². The number of carbonyl (C=O) groups is 1. The lowest BCUT2D eigenvalue weighted by atomic mass is 10.1. The van der Waals surface area contributed by atoms with Crippen LogP contribution < -0.4 is 9.64 Å². The molecule has 0 bridgehead atoms. The van der Waals surface area contributed by atoms with E-state index in [1.54, 1.807) is 29.2 Å². The summed E-state index contributed by atoms with van der Waals surface area (Å²) in [6.45, 7) is 3.14. The molecule has 7 heteroatoms. The van der Waals surface area contributed by atoms with Gasteiger partial charge < -0.3 is 14.5 Å². The molecule has 1 amide bonds. The van der Waals surface area contributed by atoms with E-state index in [9.17, 15) is 13.2 Å². The highest BCUT2D eigenvalue weighted by Crippen LogP contribution is 2.24. The predicted octanol–water partition coefficient (Wildman–Crippen LogP) is 3.76. The summed E-state index contributed by atoms with van der Waals surface area (Å²) in [4.78, 5) is 17.1. The van der Waals surface area contributed by atoms with E-state index >= 15 is 0 Å². The molecule has 0 spiro atoms. The van der Waals surface area contributed by atoms with E-state index in [0.29, 0.717) is 25.1 Å². The Labute approximate surface area is 185 Å². The first-order chi connectivity index (χ1) is 14.8. The minimum atomic E-state index is -3.11. The summed E-state index contributed by atoms with van der Waals surface area (Å²) in [5.74, 6) is 0.732. The van der Waals surface area contributed by atoms with Gasteiger partial charge in [0.25, 0.3) is 5.91 Å². The quantitative estimate of drug-likeness (QED) is 0.551. The first kappa shape index (κ1) is 23.1. The van der Waals surface area contributed by atoms with Gasteiger partial charge in [-0.25, -0.2) is 8.42 Å². The number of ether oxygens (including phenoxy) is 1. The number of carbonyl (C=O) groups excluding carboxylic acids is 1. The van der Waals surface area contributed by atoms with Gasteiger partial charge in [-0.1, -0.05) is 25.5 Å². The van der Waals surface area contributed by atoms with Crippen LogP contribution in [-0.4, -0.2) is 57.5 Å². The van der Waals surface area contributed by atoms with Crippen molar-refractivity contribution in [2.75, 3.05) is 37.1 Å². The Morgan fingerprint density at radius 1 is 1.06 bits per heavy atom. The van der Waals surface area contributed by atoms with E-state index in [2.05, 4.69) is 6.92 Å². The number of amides is 1. The first-order valence-corrected chi connectivity index (χ1v) is 12.6. The second-order valence-corrected chi connectivity index (χ2v) is 10.5. The Kier molecular flexibility index (Phi) is 7.59. The molecule has 6 nitrogen and oxygen atoms in total. The molecule has 3 rings (SSSR count). The zero-order chi connectivity index (χ0) is 22.4. The van der Waals surface area contributed by atoms with Crippen molar-refractivity contribution < 1.29 is 17.9 Å². The van der Waals surface area contributed by atoms with Crippen molar-refractivity contribution in [2.45, 2.75) is 38.8 Å². The van der Waals surface area contributed by atoms with Crippen molar-refractivity contribution in [1.82, 2.24) is 4.90 Å². The molecule has 168 valence electrons. The fourth-order valence-corrected chi connectivity index (χ4v) is 5.41. The molecule has 1 aliphatic rings. The second-order valence-electron chi connectivity index (χ2n) is 8.28. The van der Waals surface area contributed by atoms with E-state index in [-0.39, 0.29) is 23.5 Å². The zero-order valence-corrected chi connectivity index (χ0v) is 19.4. The normalized spacial score (nSPS) is 17.3. The topological polar surface area (TPSA) is 66.9 Å². The van der Waals surface area contributed by atoms with Crippen LogP contribution in [0.5, 0.6) is 5.75 Å². The van der Waals surface area contributed by atoms with Gasteiger partial charge in [-0.15, -0.1) is 0 Å². The molecule has 1 saturated heterocycles. The summed E-state index contributed by atoms with van der Waals surface area (Å²) in [6.07, 6.45) is 2.52. The van der Waals surface area contributed by atoms with Crippen LogP contribution in [0.15, 0.2) is 48.5 Å². The molecule has 0 unspecified atom stereocenters. The van der Waals surface area contributed by atoms with Gasteiger partial charge in [0.05, 0.1) is 18.1 Å². The first-order valence-electron chi connectivity index (χ1n) is 10.8. The number of rotatable bonds is 9. The number of anilines is 1. The molecule has 1 heterocycles. The fraction of sp³-hybridized carbons (Fsp3) is 0.458. The number of sulfone groups is 1. The van der Waals surface area contributed by atoms with Crippen molar-refractivity contribution in [3.63, 3.8) is 0 Å². The Morgan fingerprint density at radius 2 is 1.74 bits per heavy atom. The fourth-order valence-electron chi connectivity index (χ4n) is 3.68. The summed E-state index contributed by atoms with van der Waals surface area (Å²) in [7, 11) is 0.846. The maximum atomic E-state index is 13.4. The van der Waals surface area contributed by atoms with Crippen molar-refractivity contribution in [1.29, 1.82) is 0 Å². The highest BCUT2D eigenvalue weighted by molar-refractivity contribution is 7.91. The molecule has 0 N–H and O–H groups in total. The van der Waals surface area contributed by atoms with Crippen LogP contribution in [0.4, 0.5) is 5.69 Å². The molecule has 2 aromatic rings. The van der Waals surface area contributed by atoms with E-state index < -0.39 is 9.84 Å². The third kappa shape index (κ3) is 6.23. The van der Waals surface area contributed by atoms with Gasteiger partial charge in [0.2, 0.25) is 0 Å². The van der Waals surface area contributed by atoms with E-state index in [1.807, 2.05) is 43.3 Å². The van der Waals surface area contributed by atoms with Crippen LogP contribution in [0.3, 0.4) is 0 Å². The minimum Gasteiger partial charge on any atom is -0.494 e. The smallest absolute Gasteiger partial charge is 0.254 e. The lowest BCUT2D eigenvalue weighted by Gasteiger charge is -2.29. The number of hydrogen-bond donors (Lipinski definition) is 0. The molecular weight excluding hydrogens is 412 g/mol. The Balaban J connectivity index is 1.79. The van der Waals surface area contributed by atoms with Gasteiger partial charge in [-0.2, -0.15) is 0 Å². The zero-order valence-electron chi connectivity index (χ0n) is 18.6. The summed E-state index contributed by atoms with van der Waals surface area (Å²) in [5, 5.41) is 0. The highest BCUT2D eigenvalue weighted by atomic mass is 32.2.